The minimum atomic E-state index is -0.0116. The van der Waals surface area contributed by atoms with Crippen molar-refractivity contribution in [3.8, 4) is 0 Å². The van der Waals surface area contributed by atoms with E-state index in [4.69, 9.17) is 0 Å². The monoisotopic (exact) mass is 375 g/mol. The van der Waals surface area contributed by atoms with E-state index in [-0.39, 0.29) is 11.4 Å². The van der Waals surface area contributed by atoms with Crippen molar-refractivity contribution < 1.29 is 4.79 Å². The van der Waals surface area contributed by atoms with Gasteiger partial charge in [0.25, 0.3) is 0 Å². The Kier molecular flexibility index (Phi) is 5.94. The SMILES string of the molecule is O=C(CC1(n2cccc2)CCSCC1)NC[C@@H]1CCCN2CCCC[C@H]12. The fourth-order valence-electron chi connectivity index (χ4n) is 5.35. The van der Waals surface area contributed by atoms with E-state index in [1.54, 1.807) is 0 Å². The van der Waals surface area contributed by atoms with E-state index in [2.05, 4.69) is 39.3 Å². The van der Waals surface area contributed by atoms with Crippen LogP contribution in [0.25, 0.3) is 0 Å². The summed E-state index contributed by atoms with van der Waals surface area (Å²) in [6.45, 7) is 3.41. The molecule has 0 spiro atoms. The van der Waals surface area contributed by atoms with Crippen molar-refractivity contribution in [3.63, 3.8) is 0 Å². The van der Waals surface area contributed by atoms with E-state index >= 15 is 0 Å². The number of carbonyl (C=O) groups excluding carboxylic acids is 1. The third-order valence-corrected chi connectivity index (χ3v) is 7.84. The Hall–Kier alpha value is -0.940. The van der Waals surface area contributed by atoms with Crippen molar-refractivity contribution in [2.75, 3.05) is 31.1 Å². The third kappa shape index (κ3) is 3.99. The third-order valence-electron chi connectivity index (χ3n) is 6.86. The number of thioether (sulfide) groups is 1. The highest BCUT2D eigenvalue weighted by atomic mass is 32.2. The molecule has 5 heteroatoms. The summed E-state index contributed by atoms with van der Waals surface area (Å²) >= 11 is 2.02. The Labute approximate surface area is 162 Å². The van der Waals surface area contributed by atoms with Crippen LogP contribution in [-0.4, -0.2) is 52.6 Å². The number of nitrogens with one attached hydrogen (secondary N) is 1. The largest absolute Gasteiger partial charge is 0.356 e. The van der Waals surface area contributed by atoms with Gasteiger partial charge in [0.15, 0.2) is 0 Å². The fourth-order valence-corrected chi connectivity index (χ4v) is 6.60. The first-order chi connectivity index (χ1) is 12.8. The molecule has 4 nitrogen and oxygen atoms in total. The standard InChI is InChI=1S/C21H33N3OS/c25-20(16-21(8-14-26-15-9-21)24-12-3-4-13-24)22-17-18-6-5-11-23-10-2-1-7-19(18)23/h3-4,12-13,18-19H,1-2,5-11,14-17H2,(H,22,25)/t18-,19+/m0/s1. The first kappa shape index (κ1) is 18.4. The first-order valence-corrected chi connectivity index (χ1v) is 11.6. The Balaban J connectivity index is 1.35. The Morgan fingerprint density at radius 1 is 1.08 bits per heavy atom. The lowest BCUT2D eigenvalue weighted by Gasteiger charge is -2.44. The van der Waals surface area contributed by atoms with Crippen molar-refractivity contribution in [2.24, 2.45) is 5.92 Å². The Bertz CT molecular complexity index is 580. The van der Waals surface area contributed by atoms with Crippen LogP contribution >= 0.6 is 11.8 Å². The van der Waals surface area contributed by atoms with Gasteiger partial charge in [-0.2, -0.15) is 11.8 Å². The second-order valence-electron chi connectivity index (χ2n) is 8.41. The van der Waals surface area contributed by atoms with Crippen LogP contribution in [0.4, 0.5) is 0 Å². The van der Waals surface area contributed by atoms with Gasteiger partial charge in [-0.25, -0.2) is 0 Å². The number of rotatable bonds is 5. The topological polar surface area (TPSA) is 37.3 Å². The van der Waals surface area contributed by atoms with Crippen LogP contribution in [0.5, 0.6) is 0 Å². The minimum Gasteiger partial charge on any atom is -0.356 e. The molecule has 26 heavy (non-hydrogen) atoms. The molecule has 3 aliphatic heterocycles. The molecule has 4 heterocycles. The predicted octanol–water partition coefficient (Wildman–Crippen LogP) is 3.48. The van der Waals surface area contributed by atoms with Gasteiger partial charge in [-0.1, -0.05) is 6.42 Å². The van der Waals surface area contributed by atoms with Gasteiger partial charge in [0.05, 0.1) is 12.0 Å². The lowest BCUT2D eigenvalue weighted by molar-refractivity contribution is -0.123. The molecular weight excluding hydrogens is 342 g/mol. The average molecular weight is 376 g/mol. The second kappa shape index (κ2) is 8.39. The van der Waals surface area contributed by atoms with E-state index in [1.165, 1.54) is 45.2 Å². The van der Waals surface area contributed by atoms with E-state index < -0.39 is 0 Å². The summed E-state index contributed by atoms with van der Waals surface area (Å²) in [7, 11) is 0. The molecule has 0 unspecified atom stereocenters. The highest BCUT2D eigenvalue weighted by Gasteiger charge is 2.37. The molecule has 3 fully saturated rings. The van der Waals surface area contributed by atoms with E-state index in [0.717, 1.165) is 30.9 Å². The van der Waals surface area contributed by atoms with E-state index in [9.17, 15) is 4.79 Å². The number of piperidine rings is 2. The molecule has 3 saturated heterocycles. The number of fused-ring (bicyclic) bond motifs is 1. The van der Waals surface area contributed by atoms with Gasteiger partial charge in [-0.3, -0.25) is 4.79 Å². The molecule has 3 aliphatic rings. The van der Waals surface area contributed by atoms with Gasteiger partial charge in [-0.15, -0.1) is 0 Å². The molecule has 0 aromatic carbocycles. The van der Waals surface area contributed by atoms with Crippen molar-refractivity contribution in [3.05, 3.63) is 24.5 Å². The highest BCUT2D eigenvalue weighted by molar-refractivity contribution is 7.99. The van der Waals surface area contributed by atoms with Crippen LogP contribution in [0.2, 0.25) is 0 Å². The summed E-state index contributed by atoms with van der Waals surface area (Å²) in [6.07, 6.45) is 13.7. The van der Waals surface area contributed by atoms with Gasteiger partial charge < -0.3 is 14.8 Å². The molecule has 1 N–H and O–H groups in total. The van der Waals surface area contributed by atoms with Gasteiger partial charge in [-0.05, 0) is 81.2 Å². The number of nitrogens with zero attached hydrogens (tertiary/aromatic N) is 2. The van der Waals surface area contributed by atoms with E-state index in [1.807, 2.05) is 11.8 Å². The van der Waals surface area contributed by atoms with Crippen molar-refractivity contribution in [1.29, 1.82) is 0 Å². The predicted molar refractivity (Wildman–Crippen MR) is 109 cm³/mol. The highest BCUT2D eigenvalue weighted by Crippen LogP contribution is 2.37. The maximum absolute atomic E-state index is 12.9. The van der Waals surface area contributed by atoms with Gasteiger partial charge in [0, 0.05) is 25.0 Å². The minimum absolute atomic E-state index is 0.0116. The molecule has 0 aliphatic carbocycles. The summed E-state index contributed by atoms with van der Waals surface area (Å²) in [4.78, 5) is 15.6. The molecule has 4 rings (SSSR count). The number of carbonyl (C=O) groups is 1. The summed E-state index contributed by atoms with van der Waals surface area (Å²) in [5.74, 6) is 3.21. The molecule has 1 aromatic rings. The molecule has 0 saturated carbocycles. The molecule has 2 atom stereocenters. The average Bonchev–Trinajstić information content (AvgIpc) is 3.23. The summed E-state index contributed by atoms with van der Waals surface area (Å²) in [5.41, 5.74) is -0.0116. The number of hydrogen-bond acceptors (Lipinski definition) is 3. The molecule has 1 aromatic heterocycles. The van der Waals surface area contributed by atoms with Crippen LogP contribution in [0, 0.1) is 5.92 Å². The molecule has 0 bridgehead atoms. The zero-order chi connectivity index (χ0) is 17.8. The maximum atomic E-state index is 12.9. The van der Waals surface area contributed by atoms with Crippen LogP contribution in [0.15, 0.2) is 24.5 Å². The van der Waals surface area contributed by atoms with Crippen LogP contribution in [-0.2, 0) is 10.3 Å². The molecule has 0 radical (unpaired) electrons. The zero-order valence-corrected chi connectivity index (χ0v) is 16.7. The van der Waals surface area contributed by atoms with Crippen LogP contribution < -0.4 is 5.32 Å². The lowest BCUT2D eigenvalue weighted by Crippen LogP contribution is -2.51. The number of aromatic nitrogens is 1. The van der Waals surface area contributed by atoms with Crippen molar-refractivity contribution in [1.82, 2.24) is 14.8 Å². The number of amides is 1. The van der Waals surface area contributed by atoms with Crippen molar-refractivity contribution >= 4 is 17.7 Å². The number of hydrogen-bond donors (Lipinski definition) is 1. The van der Waals surface area contributed by atoms with Gasteiger partial charge in [0.1, 0.15) is 0 Å². The lowest BCUT2D eigenvalue weighted by atomic mass is 9.83. The molecule has 144 valence electrons. The normalized spacial score (nSPS) is 29.1. The van der Waals surface area contributed by atoms with Gasteiger partial charge >= 0.3 is 0 Å². The first-order valence-electron chi connectivity index (χ1n) is 10.5. The fraction of sp³-hybridized carbons (Fsp3) is 0.762. The summed E-state index contributed by atoms with van der Waals surface area (Å²) in [6, 6.07) is 4.88. The van der Waals surface area contributed by atoms with Crippen LogP contribution in [0.3, 0.4) is 0 Å². The smallest absolute Gasteiger partial charge is 0.222 e. The van der Waals surface area contributed by atoms with E-state index in [0.29, 0.717) is 18.4 Å². The van der Waals surface area contributed by atoms with Crippen molar-refractivity contribution in [2.45, 2.75) is 62.9 Å². The Morgan fingerprint density at radius 3 is 2.65 bits per heavy atom. The molecule has 1 amide bonds. The maximum Gasteiger partial charge on any atom is 0.222 e. The van der Waals surface area contributed by atoms with Crippen LogP contribution in [0.1, 0.15) is 51.4 Å². The summed E-state index contributed by atoms with van der Waals surface area (Å²) in [5, 5.41) is 3.33. The molecular formula is C21H33N3OS. The van der Waals surface area contributed by atoms with Gasteiger partial charge in [0.2, 0.25) is 5.91 Å². The second-order valence-corrected chi connectivity index (χ2v) is 9.63. The zero-order valence-electron chi connectivity index (χ0n) is 15.9. The Morgan fingerprint density at radius 2 is 1.85 bits per heavy atom. The quantitative estimate of drug-likeness (QED) is 0.856. The summed E-state index contributed by atoms with van der Waals surface area (Å²) < 4.78 is 2.30.